The first-order chi connectivity index (χ1) is 13.9. The van der Waals surface area contributed by atoms with Crippen molar-refractivity contribution in [2.24, 2.45) is 10.8 Å². The number of carbonyl (C=O) groups is 2. The number of Topliss-reactive ketones (excluding diaryl/α,β-unsaturated/α-hetero) is 2. The third-order valence-electron chi connectivity index (χ3n) is 7.11. The topological polar surface area (TPSA) is 40.6 Å². The second-order valence-corrected chi connectivity index (χ2v) is 9.63. The highest BCUT2D eigenvalue weighted by Crippen LogP contribution is 2.50. The predicted molar refractivity (Wildman–Crippen MR) is 115 cm³/mol. The first-order valence-corrected chi connectivity index (χ1v) is 10.6. The van der Waals surface area contributed by atoms with Crippen molar-refractivity contribution in [2.45, 2.75) is 39.2 Å². The molecule has 3 aliphatic rings. The standard InChI is InChI=1S/C25H28N2O2/c1-24(2)15-22(28)25(23(29)16-24)14-18-8-6-7-11-20(18)27-13-12-26(17-21(25)27)19-9-4-3-5-10-19/h3-11,21H,12-17H2,1-2H3. The molecule has 0 bridgehead atoms. The molecular formula is C25H28N2O2. The van der Waals surface area contributed by atoms with Gasteiger partial charge in [0.15, 0.2) is 0 Å². The number of rotatable bonds is 1. The Bertz CT molecular complexity index is 946. The van der Waals surface area contributed by atoms with Gasteiger partial charge in [0, 0.05) is 43.9 Å². The summed E-state index contributed by atoms with van der Waals surface area (Å²) >= 11 is 0. The van der Waals surface area contributed by atoms with Gasteiger partial charge >= 0.3 is 0 Å². The van der Waals surface area contributed by atoms with Crippen molar-refractivity contribution in [3.05, 3.63) is 60.2 Å². The average molecular weight is 389 g/mol. The second kappa shape index (κ2) is 6.45. The maximum atomic E-state index is 13.6. The van der Waals surface area contributed by atoms with Crippen LogP contribution in [0.25, 0.3) is 0 Å². The summed E-state index contributed by atoms with van der Waals surface area (Å²) in [5.41, 5.74) is 2.34. The lowest BCUT2D eigenvalue weighted by Gasteiger charge is -2.56. The van der Waals surface area contributed by atoms with Crippen LogP contribution >= 0.6 is 0 Å². The lowest BCUT2D eigenvalue weighted by atomic mass is 9.56. The van der Waals surface area contributed by atoms with Crippen molar-refractivity contribution in [1.82, 2.24) is 0 Å². The summed E-state index contributed by atoms with van der Waals surface area (Å²) in [7, 11) is 0. The molecule has 0 aromatic heterocycles. The van der Waals surface area contributed by atoms with Gasteiger partial charge in [-0.2, -0.15) is 0 Å². The van der Waals surface area contributed by atoms with Crippen molar-refractivity contribution >= 4 is 22.9 Å². The van der Waals surface area contributed by atoms with Gasteiger partial charge in [0.1, 0.15) is 17.0 Å². The summed E-state index contributed by atoms with van der Waals surface area (Å²) in [6.45, 7) is 6.50. The average Bonchev–Trinajstić information content (AvgIpc) is 2.71. The van der Waals surface area contributed by atoms with E-state index in [1.54, 1.807) is 0 Å². The van der Waals surface area contributed by atoms with Crippen LogP contribution in [0.15, 0.2) is 54.6 Å². The number of anilines is 2. The lowest BCUT2D eigenvalue weighted by molar-refractivity contribution is -0.150. The highest BCUT2D eigenvalue weighted by Gasteiger charge is 2.60. The molecule has 150 valence electrons. The molecule has 2 aromatic carbocycles. The van der Waals surface area contributed by atoms with Gasteiger partial charge in [-0.25, -0.2) is 0 Å². The molecule has 1 spiro atoms. The summed E-state index contributed by atoms with van der Waals surface area (Å²) in [6, 6.07) is 18.6. The number of piperazine rings is 1. The van der Waals surface area contributed by atoms with Crippen molar-refractivity contribution in [3.63, 3.8) is 0 Å². The number of fused-ring (bicyclic) bond motifs is 4. The van der Waals surface area contributed by atoms with E-state index in [0.717, 1.165) is 24.3 Å². The van der Waals surface area contributed by atoms with Gasteiger partial charge in [0.05, 0.1) is 6.04 Å². The van der Waals surface area contributed by atoms with Gasteiger partial charge in [-0.05, 0) is 35.6 Å². The third-order valence-corrected chi connectivity index (χ3v) is 7.11. The van der Waals surface area contributed by atoms with Crippen LogP contribution in [0.5, 0.6) is 0 Å². The molecule has 2 aromatic rings. The van der Waals surface area contributed by atoms with Crippen molar-refractivity contribution in [3.8, 4) is 0 Å². The first kappa shape index (κ1) is 18.4. The minimum atomic E-state index is -0.919. The van der Waals surface area contributed by atoms with Gasteiger partial charge in [-0.3, -0.25) is 9.59 Å². The van der Waals surface area contributed by atoms with Crippen molar-refractivity contribution in [1.29, 1.82) is 0 Å². The molecule has 2 fully saturated rings. The lowest BCUT2D eigenvalue weighted by Crippen LogP contribution is -2.69. The molecule has 29 heavy (non-hydrogen) atoms. The fourth-order valence-corrected chi connectivity index (χ4v) is 5.70. The number of hydrogen-bond acceptors (Lipinski definition) is 4. The highest BCUT2D eigenvalue weighted by atomic mass is 16.2. The van der Waals surface area contributed by atoms with Crippen LogP contribution in [0.4, 0.5) is 11.4 Å². The van der Waals surface area contributed by atoms with Crippen molar-refractivity contribution in [2.75, 3.05) is 29.4 Å². The Morgan fingerprint density at radius 1 is 0.828 bits per heavy atom. The predicted octanol–water partition coefficient (Wildman–Crippen LogP) is 3.88. The first-order valence-electron chi connectivity index (χ1n) is 10.6. The van der Waals surface area contributed by atoms with Crippen molar-refractivity contribution < 1.29 is 9.59 Å². The molecular weight excluding hydrogens is 360 g/mol. The summed E-state index contributed by atoms with van der Waals surface area (Å²) < 4.78 is 0. The molecule has 1 saturated heterocycles. The molecule has 0 radical (unpaired) electrons. The van der Waals surface area contributed by atoms with Crippen LogP contribution in [-0.4, -0.2) is 37.2 Å². The third kappa shape index (κ3) is 2.80. The van der Waals surface area contributed by atoms with E-state index >= 15 is 0 Å². The van der Waals surface area contributed by atoms with E-state index in [-0.39, 0.29) is 23.0 Å². The van der Waals surface area contributed by atoms with Gasteiger partial charge in [0.25, 0.3) is 0 Å². The zero-order chi connectivity index (χ0) is 20.2. The van der Waals surface area contributed by atoms with Gasteiger partial charge in [-0.15, -0.1) is 0 Å². The fourth-order valence-electron chi connectivity index (χ4n) is 5.70. The number of para-hydroxylation sites is 2. The summed E-state index contributed by atoms with van der Waals surface area (Å²) in [4.78, 5) is 32.0. The Labute approximate surface area is 172 Å². The summed E-state index contributed by atoms with van der Waals surface area (Å²) in [6.07, 6.45) is 1.51. The van der Waals surface area contributed by atoms with Crippen LogP contribution in [0.1, 0.15) is 32.3 Å². The molecule has 0 amide bonds. The Hall–Kier alpha value is -2.62. The molecule has 1 unspecified atom stereocenters. The van der Waals surface area contributed by atoms with E-state index < -0.39 is 5.41 Å². The fraction of sp³-hybridized carbons (Fsp3) is 0.440. The number of hydrogen-bond donors (Lipinski definition) is 0. The molecule has 0 N–H and O–H groups in total. The van der Waals surface area contributed by atoms with E-state index in [4.69, 9.17) is 0 Å². The van der Waals surface area contributed by atoms with Gasteiger partial charge in [-0.1, -0.05) is 50.2 Å². The van der Waals surface area contributed by atoms with E-state index in [0.29, 0.717) is 25.8 Å². The zero-order valence-corrected chi connectivity index (χ0v) is 17.2. The van der Waals surface area contributed by atoms with Gasteiger partial charge < -0.3 is 9.80 Å². The van der Waals surface area contributed by atoms with E-state index in [1.807, 2.05) is 38.1 Å². The van der Waals surface area contributed by atoms with Crippen LogP contribution < -0.4 is 9.80 Å². The quantitative estimate of drug-likeness (QED) is 0.695. The maximum absolute atomic E-state index is 13.6. The summed E-state index contributed by atoms with van der Waals surface area (Å²) in [5, 5.41) is 0. The summed E-state index contributed by atoms with van der Waals surface area (Å²) in [5.74, 6) is 0.274. The smallest absolute Gasteiger partial charge is 0.149 e. The second-order valence-electron chi connectivity index (χ2n) is 9.63. The van der Waals surface area contributed by atoms with Crippen LogP contribution in [0.3, 0.4) is 0 Å². The van der Waals surface area contributed by atoms with Gasteiger partial charge in [0.2, 0.25) is 0 Å². The molecule has 1 saturated carbocycles. The largest absolute Gasteiger partial charge is 0.368 e. The number of benzene rings is 2. The Morgan fingerprint density at radius 2 is 1.48 bits per heavy atom. The minimum absolute atomic E-state index is 0.109. The number of ketones is 2. The maximum Gasteiger partial charge on any atom is 0.149 e. The Kier molecular flexibility index (Phi) is 4.09. The molecule has 4 nitrogen and oxygen atoms in total. The Morgan fingerprint density at radius 3 is 2.21 bits per heavy atom. The molecule has 1 aliphatic carbocycles. The molecule has 4 heteroatoms. The minimum Gasteiger partial charge on any atom is -0.368 e. The van der Waals surface area contributed by atoms with Crippen LogP contribution in [-0.2, 0) is 16.0 Å². The zero-order valence-electron chi connectivity index (χ0n) is 17.2. The molecule has 5 rings (SSSR count). The number of nitrogens with zero attached hydrogens (tertiary/aromatic N) is 2. The van der Waals surface area contributed by atoms with Crippen LogP contribution in [0, 0.1) is 10.8 Å². The van der Waals surface area contributed by atoms with E-state index in [1.165, 1.54) is 5.69 Å². The highest BCUT2D eigenvalue weighted by molar-refractivity contribution is 6.11. The molecule has 2 aliphatic heterocycles. The SMILES string of the molecule is CC1(C)CC(=O)C2(Cc3ccccc3N3CCN(c4ccccc4)CC32)C(=O)C1. The monoisotopic (exact) mass is 388 g/mol. The van der Waals surface area contributed by atoms with E-state index in [2.05, 4.69) is 40.1 Å². The van der Waals surface area contributed by atoms with E-state index in [9.17, 15) is 9.59 Å². The van der Waals surface area contributed by atoms with Crippen LogP contribution in [0.2, 0.25) is 0 Å². The Balaban J connectivity index is 1.61. The molecule has 2 heterocycles. The molecule has 1 atom stereocenters. The normalized spacial score (nSPS) is 25.0. The number of carbonyl (C=O) groups excluding carboxylic acids is 2.